The van der Waals surface area contributed by atoms with Gasteiger partial charge < -0.3 is 15.0 Å². The summed E-state index contributed by atoms with van der Waals surface area (Å²) in [6, 6.07) is 24.2. The van der Waals surface area contributed by atoms with Crippen molar-refractivity contribution in [3.05, 3.63) is 83.3 Å². The number of rotatable bonds is 5. The molecule has 4 rings (SSSR count). The molecule has 0 spiro atoms. The molecule has 2 amide bonds. The third-order valence-corrected chi connectivity index (χ3v) is 5.26. The number of anilines is 2. The van der Waals surface area contributed by atoms with Gasteiger partial charge in [-0.15, -0.1) is 0 Å². The van der Waals surface area contributed by atoms with Gasteiger partial charge in [-0.25, -0.2) is 0 Å². The maximum absolute atomic E-state index is 12.6. The van der Waals surface area contributed by atoms with E-state index in [0.717, 1.165) is 15.9 Å². The molecule has 1 fully saturated rings. The molecule has 6 heteroatoms. The van der Waals surface area contributed by atoms with Crippen LogP contribution in [0, 0.1) is 5.92 Å². The van der Waals surface area contributed by atoms with E-state index >= 15 is 0 Å². The van der Waals surface area contributed by atoms with E-state index in [2.05, 4.69) is 21.2 Å². The first-order valence-corrected chi connectivity index (χ1v) is 10.1. The van der Waals surface area contributed by atoms with Crippen molar-refractivity contribution in [1.82, 2.24) is 0 Å². The number of benzene rings is 3. The van der Waals surface area contributed by atoms with Crippen LogP contribution in [0.25, 0.3) is 0 Å². The van der Waals surface area contributed by atoms with E-state index in [0.29, 0.717) is 18.0 Å². The molecule has 1 saturated heterocycles. The predicted molar refractivity (Wildman–Crippen MR) is 116 cm³/mol. The molecule has 0 radical (unpaired) electrons. The fourth-order valence-electron chi connectivity index (χ4n) is 3.23. The Kier molecular flexibility index (Phi) is 5.62. The zero-order valence-electron chi connectivity index (χ0n) is 15.5. The lowest BCUT2D eigenvalue weighted by molar-refractivity contribution is -0.122. The molecule has 1 aliphatic rings. The molecule has 1 N–H and O–H groups in total. The summed E-state index contributed by atoms with van der Waals surface area (Å²) in [5, 5.41) is 2.90. The third-order valence-electron chi connectivity index (χ3n) is 4.73. The highest BCUT2D eigenvalue weighted by Gasteiger charge is 2.35. The lowest BCUT2D eigenvalue weighted by atomic mass is 10.1. The number of carbonyl (C=O) groups is 2. The Morgan fingerprint density at radius 1 is 0.931 bits per heavy atom. The smallest absolute Gasteiger partial charge is 0.229 e. The highest BCUT2D eigenvalue weighted by molar-refractivity contribution is 9.10. The van der Waals surface area contributed by atoms with Crippen molar-refractivity contribution in [2.45, 2.75) is 6.42 Å². The molecule has 5 nitrogen and oxygen atoms in total. The Hall–Kier alpha value is -3.12. The van der Waals surface area contributed by atoms with E-state index in [1.165, 1.54) is 0 Å². The van der Waals surface area contributed by atoms with Crippen molar-refractivity contribution in [2.24, 2.45) is 5.92 Å². The first-order chi connectivity index (χ1) is 14.1. The molecule has 0 saturated carbocycles. The quantitative estimate of drug-likeness (QED) is 0.578. The van der Waals surface area contributed by atoms with Gasteiger partial charge in [0.05, 0.1) is 5.92 Å². The normalized spacial score (nSPS) is 16.0. The maximum atomic E-state index is 12.6. The molecular weight excluding hydrogens is 432 g/mol. The zero-order valence-corrected chi connectivity index (χ0v) is 17.1. The molecule has 146 valence electrons. The number of ether oxygens (including phenoxy) is 1. The van der Waals surface area contributed by atoms with Gasteiger partial charge in [0, 0.05) is 28.8 Å². The van der Waals surface area contributed by atoms with Gasteiger partial charge in [-0.05, 0) is 60.7 Å². The second-order valence-electron chi connectivity index (χ2n) is 6.81. The summed E-state index contributed by atoms with van der Waals surface area (Å²) in [6.45, 7) is 0.376. The SMILES string of the molecule is O=C(Nc1ccc(Oc2ccccc2)cc1)[C@H]1CC(=O)N(c2ccc(Br)cc2)C1. The van der Waals surface area contributed by atoms with E-state index in [4.69, 9.17) is 4.74 Å². The Morgan fingerprint density at radius 2 is 1.59 bits per heavy atom. The minimum absolute atomic E-state index is 0.0425. The molecule has 0 aliphatic carbocycles. The summed E-state index contributed by atoms with van der Waals surface area (Å²) in [6.07, 6.45) is 0.205. The lowest BCUT2D eigenvalue weighted by Gasteiger charge is -2.17. The molecule has 3 aromatic carbocycles. The van der Waals surface area contributed by atoms with E-state index in [-0.39, 0.29) is 24.2 Å². The minimum Gasteiger partial charge on any atom is -0.457 e. The first-order valence-electron chi connectivity index (χ1n) is 9.28. The topological polar surface area (TPSA) is 58.6 Å². The van der Waals surface area contributed by atoms with Crippen molar-refractivity contribution in [3.8, 4) is 11.5 Å². The van der Waals surface area contributed by atoms with Gasteiger partial charge >= 0.3 is 0 Å². The molecule has 0 aromatic heterocycles. The van der Waals surface area contributed by atoms with Gasteiger partial charge in [0.2, 0.25) is 11.8 Å². The predicted octanol–water partition coefficient (Wildman–Crippen LogP) is 5.23. The molecule has 1 heterocycles. The average molecular weight is 451 g/mol. The van der Waals surface area contributed by atoms with Crippen molar-refractivity contribution in [3.63, 3.8) is 0 Å². The Bertz CT molecular complexity index is 1000. The summed E-state index contributed by atoms with van der Waals surface area (Å²) >= 11 is 3.39. The van der Waals surface area contributed by atoms with Crippen LogP contribution in [0.2, 0.25) is 0 Å². The average Bonchev–Trinajstić information content (AvgIpc) is 3.13. The number of para-hydroxylation sites is 1. The highest BCUT2D eigenvalue weighted by atomic mass is 79.9. The van der Waals surface area contributed by atoms with Crippen LogP contribution in [0.5, 0.6) is 11.5 Å². The number of hydrogen-bond acceptors (Lipinski definition) is 3. The summed E-state index contributed by atoms with van der Waals surface area (Å²) in [4.78, 5) is 26.7. The zero-order chi connectivity index (χ0) is 20.2. The van der Waals surface area contributed by atoms with Gasteiger partial charge in [-0.1, -0.05) is 34.1 Å². The number of amides is 2. The molecule has 1 aliphatic heterocycles. The Morgan fingerprint density at radius 3 is 2.28 bits per heavy atom. The largest absolute Gasteiger partial charge is 0.457 e. The number of carbonyl (C=O) groups excluding carboxylic acids is 2. The van der Waals surface area contributed by atoms with Gasteiger partial charge in [0.15, 0.2) is 0 Å². The van der Waals surface area contributed by atoms with Crippen LogP contribution < -0.4 is 15.0 Å². The van der Waals surface area contributed by atoms with Crippen LogP contribution in [0.4, 0.5) is 11.4 Å². The van der Waals surface area contributed by atoms with Crippen molar-refractivity contribution in [1.29, 1.82) is 0 Å². The van der Waals surface area contributed by atoms with Crippen LogP contribution in [-0.2, 0) is 9.59 Å². The maximum Gasteiger partial charge on any atom is 0.229 e. The van der Waals surface area contributed by atoms with E-state index in [9.17, 15) is 9.59 Å². The second-order valence-corrected chi connectivity index (χ2v) is 7.73. The molecule has 0 bridgehead atoms. The summed E-state index contributed by atoms with van der Waals surface area (Å²) in [5.74, 6) is 0.855. The molecule has 29 heavy (non-hydrogen) atoms. The van der Waals surface area contributed by atoms with Crippen LogP contribution >= 0.6 is 15.9 Å². The molecular formula is C23H19BrN2O3. The fraction of sp³-hybridized carbons (Fsp3) is 0.130. The van der Waals surface area contributed by atoms with Gasteiger partial charge in [-0.2, -0.15) is 0 Å². The molecule has 3 aromatic rings. The van der Waals surface area contributed by atoms with E-state index in [1.54, 1.807) is 29.2 Å². The lowest BCUT2D eigenvalue weighted by Crippen LogP contribution is -2.28. The fourth-order valence-corrected chi connectivity index (χ4v) is 3.49. The van der Waals surface area contributed by atoms with Crippen LogP contribution in [-0.4, -0.2) is 18.4 Å². The second kappa shape index (κ2) is 8.49. The van der Waals surface area contributed by atoms with Gasteiger partial charge in [0.25, 0.3) is 0 Å². The number of nitrogens with zero attached hydrogens (tertiary/aromatic N) is 1. The van der Waals surface area contributed by atoms with Crippen LogP contribution in [0.3, 0.4) is 0 Å². The van der Waals surface area contributed by atoms with Crippen LogP contribution in [0.15, 0.2) is 83.3 Å². The monoisotopic (exact) mass is 450 g/mol. The number of halogens is 1. The summed E-state index contributed by atoms with van der Waals surface area (Å²) < 4.78 is 6.70. The third kappa shape index (κ3) is 4.66. The standard InChI is InChI=1S/C23H19BrN2O3/c24-17-6-10-19(11-7-17)26-15-16(14-22(26)27)23(28)25-18-8-12-21(13-9-18)29-20-4-2-1-3-5-20/h1-13,16H,14-15H2,(H,25,28)/t16-/m0/s1. The Balaban J connectivity index is 1.37. The molecule has 1 atom stereocenters. The molecule has 0 unspecified atom stereocenters. The summed E-state index contributed by atoms with van der Waals surface area (Å²) in [7, 11) is 0. The Labute approximate surface area is 177 Å². The van der Waals surface area contributed by atoms with Crippen LogP contribution in [0.1, 0.15) is 6.42 Å². The number of nitrogens with one attached hydrogen (secondary N) is 1. The summed E-state index contributed by atoms with van der Waals surface area (Å²) in [5.41, 5.74) is 1.47. The van der Waals surface area contributed by atoms with Gasteiger partial charge in [-0.3, -0.25) is 9.59 Å². The highest BCUT2D eigenvalue weighted by Crippen LogP contribution is 2.28. The van der Waals surface area contributed by atoms with Crippen molar-refractivity contribution in [2.75, 3.05) is 16.8 Å². The minimum atomic E-state index is -0.383. The van der Waals surface area contributed by atoms with E-state index < -0.39 is 0 Å². The van der Waals surface area contributed by atoms with Crippen molar-refractivity contribution < 1.29 is 14.3 Å². The van der Waals surface area contributed by atoms with Crippen molar-refractivity contribution >= 4 is 39.1 Å². The number of hydrogen-bond donors (Lipinski definition) is 1. The van der Waals surface area contributed by atoms with E-state index in [1.807, 2.05) is 54.6 Å². The van der Waals surface area contributed by atoms with Gasteiger partial charge in [0.1, 0.15) is 11.5 Å². The first kappa shape index (κ1) is 19.2.